The average molecular weight is 505 g/mol. The molecule has 0 N–H and O–H groups in total. The molecule has 0 aliphatic carbocycles. The van der Waals surface area contributed by atoms with E-state index in [1.165, 1.54) is 48.6 Å². The Morgan fingerprint density at radius 3 is 2.44 bits per heavy atom. The van der Waals surface area contributed by atoms with Gasteiger partial charge in [0.2, 0.25) is 0 Å². The van der Waals surface area contributed by atoms with Crippen LogP contribution in [0.1, 0.15) is 51.5 Å². The summed E-state index contributed by atoms with van der Waals surface area (Å²) in [5.74, 6) is 0.956. The van der Waals surface area contributed by atoms with Gasteiger partial charge in [-0.2, -0.15) is 0 Å². The molecule has 3 rings (SSSR count). The minimum atomic E-state index is -0.0190. The summed E-state index contributed by atoms with van der Waals surface area (Å²) in [6, 6.07) is 6.63. The summed E-state index contributed by atoms with van der Waals surface area (Å²) in [5.41, 5.74) is 1.45. The number of rotatable bonds is 8. The van der Waals surface area contributed by atoms with Crippen LogP contribution in [-0.4, -0.2) is 18.0 Å². The second kappa shape index (κ2) is 8.68. The highest BCUT2D eigenvalue weighted by atomic mass is 79.9. The first-order valence-corrected chi connectivity index (χ1v) is 11.9. The summed E-state index contributed by atoms with van der Waals surface area (Å²) in [5, 5.41) is 0. The monoisotopic (exact) mass is 503 g/mol. The number of hydrogen-bond donors (Lipinski definition) is 0. The number of hydrogen-bond acceptors (Lipinski definition) is 4. The van der Waals surface area contributed by atoms with Gasteiger partial charge in [-0.15, -0.1) is 22.7 Å². The summed E-state index contributed by atoms with van der Waals surface area (Å²) in [6.07, 6.45) is 7.06. The van der Waals surface area contributed by atoms with Crippen LogP contribution in [-0.2, 0) is 11.2 Å². The molecule has 6 heteroatoms. The third-order valence-corrected chi connectivity index (χ3v) is 7.67. The van der Waals surface area contributed by atoms with E-state index in [9.17, 15) is 0 Å². The molecule has 0 bridgehead atoms. The smallest absolute Gasteiger partial charge is 0.183 e. The van der Waals surface area contributed by atoms with Crippen LogP contribution in [0.5, 0.6) is 0 Å². The van der Waals surface area contributed by atoms with Gasteiger partial charge in [-0.25, -0.2) is 4.99 Å². The molecule has 3 heterocycles. The number of aliphatic imine (C=N–C) groups is 1. The molecular formula is C19H23Br2NOS2. The first kappa shape index (κ1) is 19.6. The van der Waals surface area contributed by atoms with E-state index in [2.05, 4.69) is 68.9 Å². The van der Waals surface area contributed by atoms with Crippen LogP contribution in [0.4, 0.5) is 0 Å². The van der Waals surface area contributed by atoms with Crippen LogP contribution in [0.15, 0.2) is 30.8 Å². The number of thiophene rings is 2. The molecule has 0 fully saturated rings. The zero-order valence-electron chi connectivity index (χ0n) is 14.6. The third-order valence-electron chi connectivity index (χ3n) is 4.18. The van der Waals surface area contributed by atoms with Gasteiger partial charge in [-0.05, 0) is 88.7 Å². The quantitative estimate of drug-likeness (QED) is 0.337. The predicted octanol–water partition coefficient (Wildman–Crippen LogP) is 7.70. The van der Waals surface area contributed by atoms with Gasteiger partial charge in [0.25, 0.3) is 0 Å². The largest absolute Gasteiger partial charge is 0.478 e. The van der Waals surface area contributed by atoms with Crippen molar-refractivity contribution in [2.24, 2.45) is 4.99 Å². The number of aryl methyl sites for hydroxylation is 1. The maximum atomic E-state index is 5.66. The van der Waals surface area contributed by atoms with E-state index in [0.717, 1.165) is 25.3 Å². The van der Waals surface area contributed by atoms with Crippen molar-refractivity contribution in [2.75, 3.05) is 6.61 Å². The molecule has 0 amide bonds. The SMILES string of the molecule is CC1(C)COC(CCCCCCc2cc(Br)sc2-c2ccc(Br)s2)=N1. The highest BCUT2D eigenvalue weighted by Crippen LogP contribution is 2.41. The Hall–Kier alpha value is -0.170. The number of ether oxygens (including phenoxy) is 1. The lowest BCUT2D eigenvalue weighted by atomic mass is 10.1. The molecule has 25 heavy (non-hydrogen) atoms. The van der Waals surface area contributed by atoms with Crippen molar-refractivity contribution in [1.29, 1.82) is 0 Å². The van der Waals surface area contributed by atoms with E-state index in [1.54, 1.807) is 0 Å². The minimum absolute atomic E-state index is 0.0190. The van der Waals surface area contributed by atoms with Crippen LogP contribution < -0.4 is 0 Å². The highest BCUT2D eigenvalue weighted by Gasteiger charge is 2.25. The molecule has 2 aromatic heterocycles. The zero-order valence-corrected chi connectivity index (χ0v) is 19.4. The number of halogens is 2. The summed E-state index contributed by atoms with van der Waals surface area (Å²) in [4.78, 5) is 7.40. The average Bonchev–Trinajstić information content (AvgIpc) is 3.22. The molecule has 0 aromatic carbocycles. The fraction of sp³-hybridized carbons (Fsp3) is 0.526. The molecule has 136 valence electrons. The van der Waals surface area contributed by atoms with Crippen LogP contribution in [0.25, 0.3) is 9.75 Å². The van der Waals surface area contributed by atoms with Gasteiger partial charge in [0.15, 0.2) is 5.90 Å². The third kappa shape index (κ3) is 5.65. The molecular weight excluding hydrogens is 482 g/mol. The molecule has 0 saturated heterocycles. The van der Waals surface area contributed by atoms with E-state index in [4.69, 9.17) is 4.74 Å². The number of nitrogens with zero attached hydrogens (tertiary/aromatic N) is 1. The highest BCUT2D eigenvalue weighted by molar-refractivity contribution is 9.11. The van der Waals surface area contributed by atoms with Crippen molar-refractivity contribution < 1.29 is 4.74 Å². The maximum absolute atomic E-state index is 5.66. The van der Waals surface area contributed by atoms with Crippen LogP contribution in [0.3, 0.4) is 0 Å². The second-order valence-corrected chi connectivity index (χ2v) is 11.9. The van der Waals surface area contributed by atoms with E-state index in [0.29, 0.717) is 0 Å². The van der Waals surface area contributed by atoms with Crippen molar-refractivity contribution in [3.05, 3.63) is 31.3 Å². The van der Waals surface area contributed by atoms with Crippen molar-refractivity contribution >= 4 is 60.4 Å². The minimum Gasteiger partial charge on any atom is -0.478 e. The van der Waals surface area contributed by atoms with Gasteiger partial charge >= 0.3 is 0 Å². The number of unbranched alkanes of at least 4 members (excludes halogenated alkanes) is 3. The fourth-order valence-electron chi connectivity index (χ4n) is 2.96. The normalized spacial score (nSPS) is 16.1. The molecule has 0 radical (unpaired) electrons. The molecule has 2 aromatic rings. The first-order valence-electron chi connectivity index (χ1n) is 8.68. The van der Waals surface area contributed by atoms with Crippen molar-refractivity contribution in [2.45, 2.75) is 57.9 Å². The van der Waals surface area contributed by atoms with Crippen LogP contribution in [0.2, 0.25) is 0 Å². The lowest BCUT2D eigenvalue weighted by Gasteiger charge is -2.07. The summed E-state index contributed by atoms with van der Waals surface area (Å²) >= 11 is 10.9. The zero-order chi connectivity index (χ0) is 17.9. The maximum Gasteiger partial charge on any atom is 0.183 e. The Labute approximate surface area is 175 Å². The van der Waals surface area contributed by atoms with Gasteiger partial charge in [0.05, 0.1) is 13.1 Å². The molecule has 2 nitrogen and oxygen atoms in total. The Morgan fingerprint density at radius 2 is 1.80 bits per heavy atom. The van der Waals surface area contributed by atoms with Gasteiger partial charge in [0, 0.05) is 16.2 Å². The Kier molecular flexibility index (Phi) is 6.80. The molecule has 0 unspecified atom stereocenters. The standard InChI is InChI=1S/C19H23Br2NOS2/c1-19(2)12-23-17(22-19)8-6-4-3-5-7-13-11-16(21)25-18(13)14-9-10-15(20)24-14/h9-11H,3-8,12H2,1-2H3. The summed E-state index contributed by atoms with van der Waals surface area (Å²) < 4.78 is 8.07. The second-order valence-electron chi connectivity index (χ2n) is 7.03. The predicted molar refractivity (Wildman–Crippen MR) is 117 cm³/mol. The van der Waals surface area contributed by atoms with E-state index in [1.807, 2.05) is 22.7 Å². The molecule has 0 saturated carbocycles. The van der Waals surface area contributed by atoms with Gasteiger partial charge in [-0.1, -0.05) is 12.8 Å². The van der Waals surface area contributed by atoms with Gasteiger partial charge < -0.3 is 4.74 Å². The lowest BCUT2D eigenvalue weighted by Crippen LogP contribution is -2.17. The van der Waals surface area contributed by atoms with E-state index < -0.39 is 0 Å². The van der Waals surface area contributed by atoms with Crippen molar-refractivity contribution in [3.63, 3.8) is 0 Å². The van der Waals surface area contributed by atoms with Crippen LogP contribution >= 0.6 is 54.5 Å². The van der Waals surface area contributed by atoms with Crippen LogP contribution in [0, 0.1) is 0 Å². The summed E-state index contributed by atoms with van der Waals surface area (Å²) in [7, 11) is 0. The fourth-order valence-corrected chi connectivity index (χ4v) is 6.19. The van der Waals surface area contributed by atoms with Crippen molar-refractivity contribution in [1.82, 2.24) is 0 Å². The first-order chi connectivity index (χ1) is 11.9. The summed E-state index contributed by atoms with van der Waals surface area (Å²) in [6.45, 7) is 4.99. The Bertz CT molecular complexity index is 748. The molecule has 0 atom stereocenters. The molecule has 1 aliphatic rings. The topological polar surface area (TPSA) is 21.6 Å². The van der Waals surface area contributed by atoms with Gasteiger partial charge in [0.1, 0.15) is 6.61 Å². The Balaban J connectivity index is 1.42. The Morgan fingerprint density at radius 1 is 1.04 bits per heavy atom. The van der Waals surface area contributed by atoms with E-state index >= 15 is 0 Å². The molecule has 1 aliphatic heterocycles. The van der Waals surface area contributed by atoms with Gasteiger partial charge in [-0.3, -0.25) is 0 Å². The van der Waals surface area contributed by atoms with Crippen molar-refractivity contribution in [3.8, 4) is 9.75 Å². The van der Waals surface area contributed by atoms with E-state index in [-0.39, 0.29) is 5.54 Å². The molecule has 0 spiro atoms. The lowest BCUT2D eigenvalue weighted by molar-refractivity contribution is 0.273.